The van der Waals surface area contributed by atoms with Gasteiger partial charge in [0.15, 0.2) is 0 Å². The van der Waals surface area contributed by atoms with Gasteiger partial charge in [-0.3, -0.25) is 18.7 Å². The number of sulfone groups is 1. The summed E-state index contributed by atoms with van der Waals surface area (Å²) in [7, 11) is -4.59. The van der Waals surface area contributed by atoms with Gasteiger partial charge in [-0.2, -0.15) is 117 Å². The fourth-order valence-corrected chi connectivity index (χ4v) is 16.9. The van der Waals surface area contributed by atoms with Gasteiger partial charge < -0.3 is 11.8 Å². The van der Waals surface area contributed by atoms with Crippen molar-refractivity contribution in [3.63, 3.8) is 0 Å². The van der Waals surface area contributed by atoms with Crippen LogP contribution < -0.4 is 0 Å². The van der Waals surface area contributed by atoms with Crippen LogP contribution in [0.15, 0.2) is 340 Å². The third-order valence-corrected chi connectivity index (χ3v) is 22.0. The van der Waals surface area contributed by atoms with Crippen LogP contribution in [0.3, 0.4) is 0 Å². The second-order valence-electron chi connectivity index (χ2n) is 23.5. The first kappa shape index (κ1) is 73.9. The minimum Gasteiger partial charge on any atom is -0.456 e. The Kier molecular flexibility index (Phi) is 22.8. The quantitative estimate of drug-likeness (QED) is 0.137. The van der Waals surface area contributed by atoms with Crippen LogP contribution in [0, 0.1) is 31.7 Å². The SMILES string of the molecule is O=S1(=O)c2ccccc2-c2ccc(-c3cnn(-c4[c-]cccc4)c3)cc21.O=S1c2ccccc2-c2ccc(-c3cnn(-c4[c-]cccc4)c3)cc21.[CH3-].[Ir].[Ir].[Ir].[Ir].[c-]1ccccc1-n1cc(-c2ccc3c(c2)oc2ccccc23)cn1.[c-]1ccccc1-n1cc(-c2ccc3c(c2)sc2ccccc23)cn1. The number of para-hydroxylation sites is 5. The van der Waals surface area contributed by atoms with Crippen molar-refractivity contribution in [3.8, 4) is 89.5 Å². The van der Waals surface area contributed by atoms with E-state index >= 15 is 0 Å². The van der Waals surface area contributed by atoms with Crippen LogP contribution in [0.4, 0.5) is 0 Å². The molecule has 18 aromatic rings. The van der Waals surface area contributed by atoms with Crippen LogP contribution in [-0.4, -0.2) is 51.7 Å². The van der Waals surface area contributed by atoms with Gasteiger partial charge in [0.1, 0.15) is 11.2 Å². The molecule has 0 bridgehead atoms. The number of hydrogen-bond acceptors (Lipinski definition) is 9. The molecular weight excluding hydrogens is 2060 g/mol. The molecular formula is C85H55Ir4N8O4S3-5. The normalized spacial score (nSPS) is 12.3. The zero-order chi connectivity index (χ0) is 66.4. The van der Waals surface area contributed by atoms with Crippen LogP contribution in [0.2, 0.25) is 0 Å². The largest absolute Gasteiger partial charge is 0.456 e. The van der Waals surface area contributed by atoms with Gasteiger partial charge in [-0.15, -0.1) is 35.6 Å². The van der Waals surface area contributed by atoms with E-state index in [1.807, 2.05) is 228 Å². The zero-order valence-corrected chi connectivity index (χ0v) is 66.8. The molecule has 0 spiro atoms. The number of fused-ring (bicyclic) bond motifs is 12. The molecule has 2 aliphatic heterocycles. The maximum atomic E-state index is 12.9. The maximum Gasteiger partial charge on any atom is 0.207 e. The summed E-state index contributed by atoms with van der Waals surface area (Å²) in [5, 5.41) is 22.6. The Morgan fingerprint density at radius 1 is 0.337 bits per heavy atom. The molecule has 20 rings (SSSR count). The summed E-state index contributed by atoms with van der Waals surface area (Å²) in [5.74, 6) is 0. The molecule has 12 nitrogen and oxygen atoms in total. The molecule has 104 heavy (non-hydrogen) atoms. The molecule has 0 fully saturated rings. The van der Waals surface area contributed by atoms with E-state index in [1.54, 1.807) is 33.8 Å². The zero-order valence-electron chi connectivity index (χ0n) is 54.8. The molecule has 1 atom stereocenters. The second-order valence-corrected chi connectivity index (χ2v) is 27.9. The molecule has 0 amide bonds. The Balaban J connectivity index is 0.000000128. The number of aromatic nitrogens is 8. The van der Waals surface area contributed by atoms with Crippen molar-refractivity contribution in [3.05, 3.63) is 348 Å². The van der Waals surface area contributed by atoms with Crippen molar-refractivity contribution < 1.29 is 97.5 Å². The van der Waals surface area contributed by atoms with E-state index in [4.69, 9.17) is 4.42 Å². The number of hydrogen-bond donors (Lipinski definition) is 0. The van der Waals surface area contributed by atoms with Crippen molar-refractivity contribution in [2.24, 2.45) is 0 Å². The number of benzene rings is 12. The maximum absolute atomic E-state index is 12.9. The van der Waals surface area contributed by atoms with Gasteiger partial charge in [0, 0.05) is 170 Å². The molecule has 8 heterocycles. The molecule has 0 N–H and O–H groups in total. The Morgan fingerprint density at radius 3 is 1.28 bits per heavy atom. The smallest absolute Gasteiger partial charge is 0.207 e. The summed E-state index contributed by atoms with van der Waals surface area (Å²) in [5.41, 5.74) is 17.2. The molecule has 19 heteroatoms. The Morgan fingerprint density at radius 2 is 0.731 bits per heavy atom. The number of rotatable bonds is 8. The van der Waals surface area contributed by atoms with Gasteiger partial charge in [-0.05, 0) is 111 Å². The molecule has 6 aromatic heterocycles. The van der Waals surface area contributed by atoms with E-state index < -0.39 is 20.6 Å². The number of thiophene rings is 1. The van der Waals surface area contributed by atoms with Gasteiger partial charge >= 0.3 is 0 Å². The van der Waals surface area contributed by atoms with Crippen molar-refractivity contribution >= 4 is 74.1 Å². The van der Waals surface area contributed by atoms with Crippen molar-refractivity contribution in [1.82, 2.24) is 39.1 Å². The van der Waals surface area contributed by atoms with E-state index in [9.17, 15) is 12.6 Å². The van der Waals surface area contributed by atoms with E-state index in [-0.39, 0.29) is 87.8 Å². The van der Waals surface area contributed by atoms with E-state index in [0.717, 1.165) is 116 Å². The van der Waals surface area contributed by atoms with Gasteiger partial charge in [-0.25, -0.2) is 12.6 Å². The van der Waals surface area contributed by atoms with Crippen molar-refractivity contribution in [1.29, 1.82) is 0 Å². The summed E-state index contributed by atoms with van der Waals surface area (Å²) in [6, 6.07) is 100.0. The fourth-order valence-electron chi connectivity index (χ4n) is 12.6. The average Bonchev–Trinajstić information content (AvgIpc) is 1.58. The molecule has 518 valence electrons. The first-order chi connectivity index (χ1) is 48.7. The summed E-state index contributed by atoms with van der Waals surface area (Å²) in [6.45, 7) is 0. The van der Waals surface area contributed by atoms with Crippen molar-refractivity contribution in [2.75, 3.05) is 0 Å². The van der Waals surface area contributed by atoms with Crippen molar-refractivity contribution in [2.45, 2.75) is 19.6 Å². The summed E-state index contributed by atoms with van der Waals surface area (Å²) >= 11 is 1.84. The Bertz CT molecular complexity index is 6010. The predicted molar refractivity (Wildman–Crippen MR) is 399 cm³/mol. The van der Waals surface area contributed by atoms with Crippen LogP contribution in [0.25, 0.3) is 132 Å². The molecule has 4 radical (unpaired) electrons. The van der Waals surface area contributed by atoms with Gasteiger partial charge in [0.25, 0.3) is 0 Å². The molecule has 0 saturated carbocycles. The van der Waals surface area contributed by atoms with E-state index in [1.165, 1.54) is 25.7 Å². The number of nitrogens with zero attached hydrogens (tertiary/aromatic N) is 8. The minimum atomic E-state index is -3.47. The van der Waals surface area contributed by atoms with Gasteiger partial charge in [-0.1, -0.05) is 115 Å². The third kappa shape index (κ3) is 14.5. The van der Waals surface area contributed by atoms with E-state index in [0.29, 0.717) is 9.79 Å². The standard InChI is InChI=1S/C21H13N2O2S.C21H13N2OS.C21H13N2O.C21H13N2S.CH3.4Ir/c24-26(25)20-9-5-4-8-18(20)19-11-10-15(12-21(19)26)16-13-22-23(14-16)17-6-2-1-3-7-17;24-25-20-9-5-4-8-18(20)19-11-10-15(12-21(19)25)16-13-22-23(14-16)17-6-2-1-3-7-17;2*1-2-6-17(7-3-1)23-14-16(13-22-23)15-10-11-19-18-8-4-5-9-20(18)24-21(19)12-15;;;;;/h1-6,8-14H;1-6,8-14H;2*1-6,8-14H;1H3;;;;/q5*-1;;;;. The molecule has 1 unspecified atom stereocenters. The Labute approximate surface area is 661 Å². The first-order valence-corrected chi connectivity index (χ1v) is 35.2. The average molecular weight is 2120 g/mol. The minimum absolute atomic E-state index is 0. The Hall–Kier alpha value is -9.80. The molecule has 0 saturated heterocycles. The summed E-state index contributed by atoms with van der Waals surface area (Å²) < 4.78 is 54.3. The van der Waals surface area contributed by atoms with Crippen LogP contribution in [0.5, 0.6) is 0 Å². The summed E-state index contributed by atoms with van der Waals surface area (Å²) in [6.07, 6.45) is 15.3. The number of furan rings is 1. The van der Waals surface area contributed by atoms with E-state index in [2.05, 4.69) is 130 Å². The van der Waals surface area contributed by atoms with Crippen LogP contribution >= 0.6 is 11.3 Å². The van der Waals surface area contributed by atoms with Crippen LogP contribution in [-0.2, 0) is 101 Å². The predicted octanol–water partition coefficient (Wildman–Crippen LogP) is 20.0. The monoisotopic (exact) mass is 2120 g/mol. The topological polar surface area (TPSA) is 136 Å². The van der Waals surface area contributed by atoms with Gasteiger partial charge in [0.05, 0.1) is 55.2 Å². The van der Waals surface area contributed by atoms with Crippen LogP contribution in [0.1, 0.15) is 0 Å². The second kappa shape index (κ2) is 32.1. The molecule has 12 aromatic carbocycles. The summed E-state index contributed by atoms with van der Waals surface area (Å²) in [4.78, 5) is 2.50. The van der Waals surface area contributed by atoms with Gasteiger partial charge in [0.2, 0.25) is 9.84 Å². The first-order valence-electron chi connectivity index (χ1n) is 31.8. The molecule has 2 aliphatic rings. The fraction of sp³-hybridized carbons (Fsp3) is 0. The molecule has 0 aliphatic carbocycles. The third-order valence-electron chi connectivity index (χ3n) is 17.5.